The fourth-order valence-electron chi connectivity index (χ4n) is 3.10. The molecular formula is C20H25N3O4S. The third-order valence-corrected chi connectivity index (χ3v) is 6.77. The molecule has 0 aliphatic carbocycles. The first-order chi connectivity index (χ1) is 13.3. The second-order valence-electron chi connectivity index (χ2n) is 6.85. The first-order valence-corrected chi connectivity index (χ1v) is 10.7. The van der Waals surface area contributed by atoms with Gasteiger partial charge in [-0.1, -0.05) is 37.3 Å². The second kappa shape index (κ2) is 8.30. The standard InChI is InChI=1S/C20H25N3O4S/c1-2-16-8-10-17(11-9-16)22-19(24)27-20(21)12-14-23(15-13-20)28(25,26)18-6-4-3-5-7-18/h3-11H,2,12-15,21H2,1H3,(H,22,24). The molecule has 150 valence electrons. The Kier molecular flexibility index (Phi) is 6.02. The molecular weight excluding hydrogens is 378 g/mol. The number of nitrogens with zero attached hydrogens (tertiary/aromatic N) is 1. The number of nitrogens with one attached hydrogen (secondary N) is 1. The number of sulfonamides is 1. The van der Waals surface area contributed by atoms with Crippen molar-refractivity contribution in [3.8, 4) is 0 Å². The van der Waals surface area contributed by atoms with Crippen LogP contribution in [0, 0.1) is 0 Å². The van der Waals surface area contributed by atoms with E-state index in [1.165, 1.54) is 9.87 Å². The zero-order chi connectivity index (χ0) is 20.2. The van der Waals surface area contributed by atoms with E-state index in [9.17, 15) is 13.2 Å². The summed E-state index contributed by atoms with van der Waals surface area (Å²) in [5.74, 6) is 0. The summed E-state index contributed by atoms with van der Waals surface area (Å²) in [7, 11) is -3.57. The van der Waals surface area contributed by atoms with Crippen LogP contribution in [0.4, 0.5) is 10.5 Å². The Morgan fingerprint density at radius 2 is 1.71 bits per heavy atom. The van der Waals surface area contributed by atoms with Crippen LogP contribution in [0.25, 0.3) is 0 Å². The van der Waals surface area contributed by atoms with Crippen LogP contribution in [0.2, 0.25) is 0 Å². The maximum absolute atomic E-state index is 12.7. The number of piperidine rings is 1. The predicted octanol–water partition coefficient (Wildman–Crippen LogP) is 2.94. The minimum absolute atomic E-state index is 0.187. The summed E-state index contributed by atoms with van der Waals surface area (Å²) in [6.45, 7) is 2.43. The number of hydrogen-bond donors (Lipinski definition) is 2. The molecule has 1 aliphatic rings. The normalized spacial score (nSPS) is 17.1. The smallest absolute Gasteiger partial charge is 0.413 e. The Balaban J connectivity index is 1.57. The summed E-state index contributed by atoms with van der Waals surface area (Å²) in [6.07, 6.45) is 0.716. The molecule has 0 aromatic heterocycles. The topological polar surface area (TPSA) is 102 Å². The van der Waals surface area contributed by atoms with Crippen molar-refractivity contribution in [2.75, 3.05) is 18.4 Å². The van der Waals surface area contributed by atoms with E-state index in [1.807, 2.05) is 12.1 Å². The number of anilines is 1. The summed E-state index contributed by atoms with van der Waals surface area (Å²) < 4.78 is 32.1. The number of nitrogens with two attached hydrogens (primary N) is 1. The average molecular weight is 404 g/mol. The zero-order valence-corrected chi connectivity index (χ0v) is 16.6. The minimum atomic E-state index is -3.57. The van der Waals surface area contributed by atoms with Gasteiger partial charge >= 0.3 is 6.09 Å². The van der Waals surface area contributed by atoms with Gasteiger partial charge in [0.25, 0.3) is 0 Å². The number of carbonyl (C=O) groups excluding carboxylic acids is 1. The quantitative estimate of drug-likeness (QED) is 0.748. The number of aryl methyl sites for hydroxylation is 1. The minimum Gasteiger partial charge on any atom is -0.428 e. The highest BCUT2D eigenvalue weighted by molar-refractivity contribution is 7.89. The third-order valence-electron chi connectivity index (χ3n) is 4.85. The monoisotopic (exact) mass is 403 g/mol. The first kappa shape index (κ1) is 20.3. The molecule has 0 saturated carbocycles. The van der Waals surface area contributed by atoms with Gasteiger partial charge in [-0.25, -0.2) is 13.2 Å². The number of benzene rings is 2. The van der Waals surface area contributed by atoms with Crippen LogP contribution in [0.5, 0.6) is 0 Å². The first-order valence-electron chi connectivity index (χ1n) is 9.25. The van der Waals surface area contributed by atoms with Crippen molar-refractivity contribution in [3.63, 3.8) is 0 Å². The Bertz CT molecular complexity index is 906. The third kappa shape index (κ3) is 4.70. The lowest BCUT2D eigenvalue weighted by Crippen LogP contribution is -2.54. The Morgan fingerprint density at radius 3 is 2.29 bits per heavy atom. The Hall–Kier alpha value is -2.42. The fourth-order valence-corrected chi connectivity index (χ4v) is 4.56. The maximum atomic E-state index is 12.7. The molecule has 28 heavy (non-hydrogen) atoms. The van der Waals surface area contributed by atoms with Crippen LogP contribution in [-0.2, 0) is 21.2 Å². The highest BCUT2D eigenvalue weighted by Gasteiger charge is 2.38. The summed E-state index contributed by atoms with van der Waals surface area (Å²) >= 11 is 0. The number of rotatable bonds is 5. The molecule has 3 rings (SSSR count). The van der Waals surface area contributed by atoms with Crippen molar-refractivity contribution >= 4 is 21.8 Å². The van der Waals surface area contributed by atoms with Crippen LogP contribution < -0.4 is 11.1 Å². The SMILES string of the molecule is CCc1ccc(NC(=O)OC2(N)CCN(S(=O)(=O)c3ccccc3)CC2)cc1. The van der Waals surface area contributed by atoms with Crippen LogP contribution in [0.1, 0.15) is 25.3 Å². The molecule has 1 amide bonds. The molecule has 0 spiro atoms. The van der Waals surface area contributed by atoms with Gasteiger partial charge in [-0.2, -0.15) is 4.31 Å². The largest absolute Gasteiger partial charge is 0.428 e. The van der Waals surface area contributed by atoms with Crippen molar-refractivity contribution in [2.45, 2.75) is 36.8 Å². The molecule has 3 N–H and O–H groups in total. The summed E-state index contributed by atoms with van der Waals surface area (Å²) in [4.78, 5) is 12.4. The summed E-state index contributed by atoms with van der Waals surface area (Å²) in [5, 5.41) is 2.66. The molecule has 0 bridgehead atoms. The molecule has 1 saturated heterocycles. The molecule has 0 atom stereocenters. The van der Waals surface area contributed by atoms with Gasteiger partial charge in [0, 0.05) is 31.6 Å². The van der Waals surface area contributed by atoms with Gasteiger partial charge in [0.05, 0.1) is 4.90 Å². The van der Waals surface area contributed by atoms with E-state index in [2.05, 4.69) is 12.2 Å². The molecule has 1 fully saturated rings. The van der Waals surface area contributed by atoms with E-state index in [4.69, 9.17) is 10.5 Å². The van der Waals surface area contributed by atoms with Gasteiger partial charge in [0.15, 0.2) is 5.72 Å². The van der Waals surface area contributed by atoms with Gasteiger partial charge in [0.1, 0.15) is 0 Å². The molecule has 0 radical (unpaired) electrons. The zero-order valence-electron chi connectivity index (χ0n) is 15.8. The van der Waals surface area contributed by atoms with Crippen LogP contribution >= 0.6 is 0 Å². The average Bonchev–Trinajstić information content (AvgIpc) is 2.69. The van der Waals surface area contributed by atoms with E-state index >= 15 is 0 Å². The maximum Gasteiger partial charge on any atom is 0.413 e. The Morgan fingerprint density at radius 1 is 1.11 bits per heavy atom. The summed E-state index contributed by atoms with van der Waals surface area (Å²) in [5.41, 5.74) is 6.79. The Labute approximate surface area is 165 Å². The van der Waals surface area contributed by atoms with Gasteiger partial charge in [-0.3, -0.25) is 11.1 Å². The van der Waals surface area contributed by atoms with Crippen molar-refractivity contribution in [1.82, 2.24) is 4.31 Å². The van der Waals surface area contributed by atoms with E-state index in [1.54, 1.807) is 42.5 Å². The molecule has 0 unspecified atom stereocenters. The van der Waals surface area contributed by atoms with Crippen molar-refractivity contribution in [3.05, 3.63) is 60.2 Å². The lowest BCUT2D eigenvalue weighted by atomic mass is 10.0. The lowest BCUT2D eigenvalue weighted by Gasteiger charge is -2.37. The predicted molar refractivity (Wildman–Crippen MR) is 107 cm³/mol. The number of ether oxygens (including phenoxy) is 1. The van der Waals surface area contributed by atoms with Crippen LogP contribution in [0.15, 0.2) is 59.5 Å². The van der Waals surface area contributed by atoms with E-state index in [0.29, 0.717) is 5.69 Å². The van der Waals surface area contributed by atoms with Gasteiger partial charge in [0.2, 0.25) is 10.0 Å². The van der Waals surface area contributed by atoms with Crippen molar-refractivity contribution < 1.29 is 17.9 Å². The highest BCUT2D eigenvalue weighted by Crippen LogP contribution is 2.26. The van der Waals surface area contributed by atoms with Gasteiger partial charge in [-0.05, 0) is 36.2 Å². The number of carbonyl (C=O) groups is 1. The molecule has 1 heterocycles. The highest BCUT2D eigenvalue weighted by atomic mass is 32.2. The molecule has 2 aromatic rings. The van der Waals surface area contributed by atoms with E-state index < -0.39 is 21.8 Å². The number of hydrogen-bond acceptors (Lipinski definition) is 5. The molecule has 7 nitrogen and oxygen atoms in total. The van der Waals surface area contributed by atoms with Gasteiger partial charge in [-0.15, -0.1) is 0 Å². The lowest BCUT2D eigenvalue weighted by molar-refractivity contribution is -0.0116. The van der Waals surface area contributed by atoms with Crippen molar-refractivity contribution in [1.29, 1.82) is 0 Å². The van der Waals surface area contributed by atoms with Crippen LogP contribution in [-0.4, -0.2) is 37.6 Å². The second-order valence-corrected chi connectivity index (χ2v) is 8.78. The van der Waals surface area contributed by atoms with E-state index in [-0.39, 0.29) is 30.8 Å². The molecule has 1 aliphatic heterocycles. The number of amides is 1. The molecule has 8 heteroatoms. The summed E-state index contributed by atoms with van der Waals surface area (Å²) in [6, 6.07) is 15.7. The van der Waals surface area contributed by atoms with Crippen molar-refractivity contribution in [2.24, 2.45) is 5.73 Å². The molecule has 2 aromatic carbocycles. The fraction of sp³-hybridized carbons (Fsp3) is 0.350. The van der Waals surface area contributed by atoms with E-state index in [0.717, 1.165) is 6.42 Å². The van der Waals surface area contributed by atoms with Crippen LogP contribution in [0.3, 0.4) is 0 Å². The van der Waals surface area contributed by atoms with Gasteiger partial charge < -0.3 is 4.74 Å².